The number of carbonyl (C=O) groups is 1. The van der Waals surface area contributed by atoms with Gasteiger partial charge in [-0.05, 0) is 29.8 Å². The topological polar surface area (TPSA) is 40.5 Å². The SMILES string of the molecule is O=C(O)N(c1ccccc1)c1ccc(CBr)c(Br)c1. The fourth-order valence-electron chi connectivity index (χ4n) is 1.73. The Morgan fingerprint density at radius 3 is 2.32 bits per heavy atom. The van der Waals surface area contributed by atoms with Gasteiger partial charge in [0.2, 0.25) is 0 Å². The average Bonchev–Trinajstić information content (AvgIpc) is 2.40. The number of nitrogens with zero attached hydrogens (tertiary/aromatic N) is 1. The minimum Gasteiger partial charge on any atom is -0.464 e. The fraction of sp³-hybridized carbons (Fsp3) is 0.0714. The van der Waals surface area contributed by atoms with Crippen LogP contribution in [-0.4, -0.2) is 11.2 Å². The minimum absolute atomic E-state index is 0.607. The second kappa shape index (κ2) is 6.21. The summed E-state index contributed by atoms with van der Waals surface area (Å²) in [5.41, 5.74) is 2.30. The van der Waals surface area contributed by atoms with E-state index in [1.54, 1.807) is 24.3 Å². The molecule has 0 saturated heterocycles. The number of benzene rings is 2. The predicted octanol–water partition coefficient (Wildman–Crippen LogP) is 5.16. The van der Waals surface area contributed by atoms with Gasteiger partial charge in [-0.2, -0.15) is 0 Å². The van der Waals surface area contributed by atoms with Crippen LogP contribution in [0.5, 0.6) is 0 Å². The molecule has 0 aliphatic rings. The van der Waals surface area contributed by atoms with Crippen LogP contribution in [0.2, 0.25) is 0 Å². The van der Waals surface area contributed by atoms with Gasteiger partial charge in [-0.3, -0.25) is 0 Å². The lowest BCUT2D eigenvalue weighted by Gasteiger charge is -2.20. The highest BCUT2D eigenvalue weighted by Crippen LogP contribution is 2.30. The molecule has 0 unspecified atom stereocenters. The summed E-state index contributed by atoms with van der Waals surface area (Å²) in [5, 5.41) is 10.1. The maximum atomic E-state index is 11.5. The van der Waals surface area contributed by atoms with E-state index in [1.165, 1.54) is 4.90 Å². The molecule has 98 valence electrons. The van der Waals surface area contributed by atoms with E-state index in [2.05, 4.69) is 31.9 Å². The van der Waals surface area contributed by atoms with Gasteiger partial charge in [0.25, 0.3) is 0 Å². The van der Waals surface area contributed by atoms with E-state index in [0.717, 1.165) is 10.0 Å². The molecule has 19 heavy (non-hydrogen) atoms. The lowest BCUT2D eigenvalue weighted by molar-refractivity contribution is 0.205. The van der Waals surface area contributed by atoms with Crippen molar-refractivity contribution in [2.75, 3.05) is 4.90 Å². The Balaban J connectivity index is 2.46. The van der Waals surface area contributed by atoms with Crippen molar-refractivity contribution in [3.63, 3.8) is 0 Å². The van der Waals surface area contributed by atoms with Crippen LogP contribution in [0.15, 0.2) is 53.0 Å². The van der Waals surface area contributed by atoms with E-state index in [0.29, 0.717) is 16.7 Å². The maximum Gasteiger partial charge on any atom is 0.416 e. The summed E-state index contributed by atoms with van der Waals surface area (Å²) in [4.78, 5) is 12.7. The van der Waals surface area contributed by atoms with Crippen molar-refractivity contribution in [2.24, 2.45) is 0 Å². The van der Waals surface area contributed by atoms with E-state index in [9.17, 15) is 9.90 Å². The average molecular weight is 385 g/mol. The highest BCUT2D eigenvalue weighted by atomic mass is 79.9. The second-order valence-electron chi connectivity index (χ2n) is 3.86. The number of anilines is 2. The molecule has 1 N–H and O–H groups in total. The van der Waals surface area contributed by atoms with E-state index in [-0.39, 0.29) is 0 Å². The number of alkyl halides is 1. The Hall–Kier alpha value is -1.33. The van der Waals surface area contributed by atoms with Crippen LogP contribution < -0.4 is 4.90 Å². The van der Waals surface area contributed by atoms with Crippen molar-refractivity contribution < 1.29 is 9.90 Å². The number of amides is 1. The van der Waals surface area contributed by atoms with Gasteiger partial charge in [-0.15, -0.1) is 0 Å². The molecule has 2 aromatic carbocycles. The highest BCUT2D eigenvalue weighted by molar-refractivity contribution is 9.10. The summed E-state index contributed by atoms with van der Waals surface area (Å²) in [7, 11) is 0. The van der Waals surface area contributed by atoms with Gasteiger partial charge in [0.05, 0.1) is 11.4 Å². The zero-order valence-electron chi connectivity index (χ0n) is 9.88. The van der Waals surface area contributed by atoms with Gasteiger partial charge >= 0.3 is 6.09 Å². The van der Waals surface area contributed by atoms with Gasteiger partial charge in [0.15, 0.2) is 0 Å². The molecule has 5 heteroatoms. The third-order valence-electron chi connectivity index (χ3n) is 2.64. The molecule has 0 heterocycles. The number of para-hydroxylation sites is 1. The number of hydrogen-bond donors (Lipinski definition) is 1. The molecule has 0 aliphatic carbocycles. The van der Waals surface area contributed by atoms with Gasteiger partial charge in [-0.1, -0.05) is 56.1 Å². The first-order chi connectivity index (χ1) is 9.13. The molecule has 2 rings (SSSR count). The molecular formula is C14H11Br2NO2. The lowest BCUT2D eigenvalue weighted by atomic mass is 10.2. The van der Waals surface area contributed by atoms with Crippen LogP contribution in [-0.2, 0) is 5.33 Å². The fourth-order valence-corrected chi connectivity index (χ4v) is 3.10. The van der Waals surface area contributed by atoms with Gasteiger partial charge in [0.1, 0.15) is 0 Å². The molecule has 3 nitrogen and oxygen atoms in total. The lowest BCUT2D eigenvalue weighted by Crippen LogP contribution is -2.23. The Morgan fingerprint density at radius 1 is 1.11 bits per heavy atom. The van der Waals surface area contributed by atoms with Crippen molar-refractivity contribution in [3.8, 4) is 0 Å². The zero-order valence-corrected chi connectivity index (χ0v) is 13.1. The van der Waals surface area contributed by atoms with E-state index in [1.807, 2.05) is 24.3 Å². The number of rotatable bonds is 3. The molecule has 0 aromatic heterocycles. The summed E-state index contributed by atoms with van der Waals surface area (Å²) < 4.78 is 0.879. The summed E-state index contributed by atoms with van der Waals surface area (Å²) in [6, 6.07) is 14.5. The minimum atomic E-state index is -1.01. The Morgan fingerprint density at radius 2 is 1.79 bits per heavy atom. The molecule has 1 amide bonds. The van der Waals surface area contributed by atoms with Crippen molar-refractivity contribution in [1.82, 2.24) is 0 Å². The van der Waals surface area contributed by atoms with Crippen molar-refractivity contribution in [1.29, 1.82) is 0 Å². The van der Waals surface area contributed by atoms with E-state index < -0.39 is 6.09 Å². The Bertz CT molecular complexity index is 587. The summed E-state index contributed by atoms with van der Waals surface area (Å²) >= 11 is 6.83. The number of hydrogen-bond acceptors (Lipinski definition) is 1. The maximum absolute atomic E-state index is 11.5. The first-order valence-corrected chi connectivity index (χ1v) is 7.47. The third kappa shape index (κ3) is 3.16. The largest absolute Gasteiger partial charge is 0.464 e. The molecule has 0 radical (unpaired) electrons. The monoisotopic (exact) mass is 383 g/mol. The highest BCUT2D eigenvalue weighted by Gasteiger charge is 2.17. The Labute approximate surface area is 128 Å². The van der Waals surface area contributed by atoms with Crippen LogP contribution in [0, 0.1) is 0 Å². The molecule has 0 bridgehead atoms. The first-order valence-electron chi connectivity index (χ1n) is 5.56. The number of carboxylic acid groups (broad SMARTS) is 1. The third-order valence-corrected chi connectivity index (χ3v) is 3.99. The van der Waals surface area contributed by atoms with E-state index >= 15 is 0 Å². The van der Waals surface area contributed by atoms with Gasteiger partial charge < -0.3 is 5.11 Å². The van der Waals surface area contributed by atoms with Crippen LogP contribution in [0.3, 0.4) is 0 Å². The van der Waals surface area contributed by atoms with Gasteiger partial charge in [-0.25, -0.2) is 9.69 Å². The predicted molar refractivity (Wildman–Crippen MR) is 83.4 cm³/mol. The van der Waals surface area contributed by atoms with Crippen molar-refractivity contribution >= 4 is 49.3 Å². The molecule has 0 spiro atoms. The molecule has 0 saturated carbocycles. The molecule has 0 fully saturated rings. The summed E-state index contributed by atoms with van der Waals surface area (Å²) in [5.74, 6) is 0. The molecule has 2 aromatic rings. The first kappa shape index (κ1) is 14.1. The van der Waals surface area contributed by atoms with Crippen LogP contribution in [0.25, 0.3) is 0 Å². The molecule has 0 aliphatic heterocycles. The number of halogens is 2. The van der Waals surface area contributed by atoms with Crippen LogP contribution >= 0.6 is 31.9 Å². The normalized spacial score (nSPS) is 10.2. The zero-order chi connectivity index (χ0) is 13.8. The Kier molecular flexibility index (Phi) is 4.61. The quantitative estimate of drug-likeness (QED) is 0.742. The van der Waals surface area contributed by atoms with Crippen molar-refractivity contribution in [3.05, 3.63) is 58.6 Å². The van der Waals surface area contributed by atoms with Gasteiger partial charge in [0, 0.05) is 9.80 Å². The molecule has 0 atom stereocenters. The smallest absolute Gasteiger partial charge is 0.416 e. The van der Waals surface area contributed by atoms with Crippen LogP contribution in [0.4, 0.5) is 16.2 Å². The van der Waals surface area contributed by atoms with Crippen LogP contribution in [0.1, 0.15) is 5.56 Å². The van der Waals surface area contributed by atoms with Crippen molar-refractivity contribution in [2.45, 2.75) is 5.33 Å². The summed E-state index contributed by atoms with van der Waals surface area (Å²) in [6.07, 6.45) is -1.01. The standard InChI is InChI=1S/C14H11Br2NO2/c15-9-10-6-7-12(8-13(10)16)17(14(18)19)11-4-2-1-3-5-11/h1-8H,9H2,(H,18,19). The molecular weight excluding hydrogens is 374 g/mol. The second-order valence-corrected chi connectivity index (χ2v) is 5.28. The van der Waals surface area contributed by atoms with E-state index in [4.69, 9.17) is 0 Å². The summed E-state index contributed by atoms with van der Waals surface area (Å²) in [6.45, 7) is 0.